The molecule has 2 rings (SSSR count). The smallest absolute Gasteiger partial charge is 0.143 e. The number of nitrogens with zero attached hydrogens (tertiary/aromatic N) is 2. The topological polar surface area (TPSA) is 37.8 Å². The van der Waals surface area contributed by atoms with Crippen LogP contribution in [0.3, 0.4) is 0 Å². The van der Waals surface area contributed by atoms with E-state index in [1.54, 1.807) is 17.5 Å². The fourth-order valence-electron chi connectivity index (χ4n) is 1.22. The molecule has 2 aromatic rings. The monoisotopic (exact) mass is 239 g/mol. The van der Waals surface area contributed by atoms with E-state index in [4.69, 9.17) is 11.6 Å². The number of halogens is 1. The van der Waals surface area contributed by atoms with Crippen molar-refractivity contribution in [3.63, 3.8) is 0 Å². The van der Waals surface area contributed by atoms with Crippen LogP contribution in [0.25, 0.3) is 10.7 Å². The zero-order chi connectivity index (χ0) is 10.7. The van der Waals surface area contributed by atoms with E-state index in [0.29, 0.717) is 5.02 Å². The maximum absolute atomic E-state index is 6.03. The third kappa shape index (κ3) is 2.34. The van der Waals surface area contributed by atoms with E-state index >= 15 is 0 Å². The molecule has 0 aliphatic carbocycles. The summed E-state index contributed by atoms with van der Waals surface area (Å²) in [6, 6.07) is 3.64. The van der Waals surface area contributed by atoms with E-state index in [9.17, 15) is 0 Å². The fraction of sp³-hybridized carbons (Fsp3) is 0.200. The Hall–Kier alpha value is -0.970. The Morgan fingerprint density at radius 2 is 2.33 bits per heavy atom. The summed E-state index contributed by atoms with van der Waals surface area (Å²) in [6.45, 7) is 0.822. The van der Waals surface area contributed by atoms with Crippen molar-refractivity contribution in [2.24, 2.45) is 0 Å². The Morgan fingerprint density at radius 1 is 1.47 bits per heavy atom. The van der Waals surface area contributed by atoms with Crippen molar-refractivity contribution in [3.05, 3.63) is 34.4 Å². The highest BCUT2D eigenvalue weighted by atomic mass is 35.5. The van der Waals surface area contributed by atoms with Crippen molar-refractivity contribution in [2.75, 3.05) is 7.05 Å². The highest BCUT2D eigenvalue weighted by Gasteiger charge is 2.08. The molecule has 0 unspecified atom stereocenters. The van der Waals surface area contributed by atoms with Gasteiger partial charge in [-0.1, -0.05) is 11.6 Å². The highest BCUT2D eigenvalue weighted by Crippen LogP contribution is 2.28. The van der Waals surface area contributed by atoms with Crippen LogP contribution in [0, 0.1) is 0 Å². The van der Waals surface area contributed by atoms with Crippen molar-refractivity contribution in [3.8, 4) is 10.7 Å². The van der Waals surface area contributed by atoms with Crippen molar-refractivity contribution in [1.29, 1.82) is 0 Å². The Kier molecular flexibility index (Phi) is 3.30. The predicted molar refractivity (Wildman–Crippen MR) is 63.1 cm³/mol. The van der Waals surface area contributed by atoms with Gasteiger partial charge in [0.15, 0.2) is 0 Å². The quantitative estimate of drug-likeness (QED) is 0.895. The van der Waals surface area contributed by atoms with Gasteiger partial charge in [0, 0.05) is 23.8 Å². The fourth-order valence-corrected chi connectivity index (χ4v) is 2.42. The minimum atomic E-state index is 0.642. The number of hydrogen-bond acceptors (Lipinski definition) is 4. The van der Waals surface area contributed by atoms with Gasteiger partial charge in [0.05, 0.1) is 5.02 Å². The number of thiazole rings is 1. The Morgan fingerprint density at radius 3 is 3.07 bits per heavy atom. The van der Waals surface area contributed by atoms with Gasteiger partial charge >= 0.3 is 0 Å². The summed E-state index contributed by atoms with van der Waals surface area (Å²) in [7, 11) is 1.91. The average Bonchev–Trinajstić information content (AvgIpc) is 2.68. The molecule has 0 amide bonds. The molecule has 0 saturated carbocycles. The lowest BCUT2D eigenvalue weighted by Crippen LogP contribution is -2.02. The first-order chi connectivity index (χ1) is 7.31. The van der Waals surface area contributed by atoms with E-state index in [1.807, 2.05) is 25.4 Å². The van der Waals surface area contributed by atoms with Gasteiger partial charge in [-0.05, 0) is 19.2 Å². The molecule has 0 saturated heterocycles. The second kappa shape index (κ2) is 4.70. The standard InChI is InChI=1S/C10H10ClN3S/c1-12-5-7-6-14-10(15-7)9-8(11)3-2-4-13-9/h2-4,6,12H,5H2,1H3. The summed E-state index contributed by atoms with van der Waals surface area (Å²) in [5, 5.41) is 4.59. The molecule has 78 valence electrons. The molecule has 0 aliphatic heterocycles. The van der Waals surface area contributed by atoms with Gasteiger partial charge in [0.2, 0.25) is 0 Å². The van der Waals surface area contributed by atoms with E-state index < -0.39 is 0 Å². The SMILES string of the molecule is CNCc1cnc(-c2ncccc2Cl)s1. The number of rotatable bonds is 3. The summed E-state index contributed by atoms with van der Waals surface area (Å²) in [4.78, 5) is 9.69. The molecule has 0 aromatic carbocycles. The van der Waals surface area contributed by atoms with Gasteiger partial charge in [-0.15, -0.1) is 11.3 Å². The largest absolute Gasteiger partial charge is 0.315 e. The second-order valence-corrected chi connectivity index (χ2v) is 4.52. The first-order valence-corrected chi connectivity index (χ1v) is 5.71. The van der Waals surface area contributed by atoms with Crippen LogP contribution in [0.1, 0.15) is 4.88 Å². The van der Waals surface area contributed by atoms with Gasteiger partial charge in [0.1, 0.15) is 10.7 Å². The Labute approximate surface area is 97.2 Å². The third-order valence-electron chi connectivity index (χ3n) is 1.87. The lowest BCUT2D eigenvalue weighted by molar-refractivity contribution is 0.829. The molecule has 0 atom stereocenters. The van der Waals surface area contributed by atoms with Crippen LogP contribution in [0.4, 0.5) is 0 Å². The lowest BCUT2D eigenvalue weighted by Gasteiger charge is -1.96. The minimum absolute atomic E-state index is 0.642. The number of hydrogen-bond donors (Lipinski definition) is 1. The van der Waals surface area contributed by atoms with Crippen LogP contribution < -0.4 is 5.32 Å². The van der Waals surface area contributed by atoms with Crippen LogP contribution in [-0.2, 0) is 6.54 Å². The molecule has 5 heteroatoms. The maximum atomic E-state index is 6.03. The first-order valence-electron chi connectivity index (χ1n) is 4.51. The first kappa shape index (κ1) is 10.5. The van der Waals surface area contributed by atoms with Crippen molar-refractivity contribution < 1.29 is 0 Å². The predicted octanol–water partition coefficient (Wildman–Crippen LogP) is 2.58. The maximum Gasteiger partial charge on any atom is 0.143 e. The van der Waals surface area contributed by atoms with E-state index in [1.165, 1.54) is 4.88 Å². The Balaban J connectivity index is 2.33. The molecule has 3 nitrogen and oxygen atoms in total. The molecule has 1 N–H and O–H groups in total. The zero-order valence-corrected chi connectivity index (χ0v) is 9.77. The summed E-state index contributed by atoms with van der Waals surface area (Å²) in [5.41, 5.74) is 0.756. The van der Waals surface area contributed by atoms with Crippen LogP contribution in [-0.4, -0.2) is 17.0 Å². The van der Waals surface area contributed by atoms with Crippen molar-refractivity contribution >= 4 is 22.9 Å². The van der Waals surface area contributed by atoms with Gasteiger partial charge in [-0.2, -0.15) is 0 Å². The van der Waals surface area contributed by atoms with Crippen LogP contribution in [0.5, 0.6) is 0 Å². The van der Waals surface area contributed by atoms with Crippen LogP contribution in [0.2, 0.25) is 5.02 Å². The molecule has 0 fully saturated rings. The lowest BCUT2D eigenvalue weighted by atomic mass is 10.4. The van der Waals surface area contributed by atoms with E-state index in [0.717, 1.165) is 17.2 Å². The molecular formula is C10H10ClN3S. The number of nitrogens with one attached hydrogen (secondary N) is 1. The Bertz CT molecular complexity index is 455. The van der Waals surface area contributed by atoms with E-state index in [-0.39, 0.29) is 0 Å². The third-order valence-corrected chi connectivity index (χ3v) is 3.17. The van der Waals surface area contributed by atoms with Gasteiger partial charge < -0.3 is 5.32 Å². The molecule has 0 aliphatic rings. The average molecular weight is 240 g/mol. The number of pyridine rings is 1. The summed E-state index contributed by atoms with van der Waals surface area (Å²) in [6.07, 6.45) is 3.57. The van der Waals surface area contributed by atoms with Gasteiger partial charge in [0.25, 0.3) is 0 Å². The molecule has 0 bridgehead atoms. The highest BCUT2D eigenvalue weighted by molar-refractivity contribution is 7.15. The minimum Gasteiger partial charge on any atom is -0.315 e. The molecule has 0 spiro atoms. The van der Waals surface area contributed by atoms with E-state index in [2.05, 4.69) is 15.3 Å². The summed E-state index contributed by atoms with van der Waals surface area (Å²) in [5.74, 6) is 0. The van der Waals surface area contributed by atoms with Crippen molar-refractivity contribution in [2.45, 2.75) is 6.54 Å². The zero-order valence-electron chi connectivity index (χ0n) is 8.20. The molecule has 2 heterocycles. The van der Waals surface area contributed by atoms with Gasteiger partial charge in [-0.3, -0.25) is 4.98 Å². The van der Waals surface area contributed by atoms with Crippen molar-refractivity contribution in [1.82, 2.24) is 15.3 Å². The molecule has 0 radical (unpaired) electrons. The molecule has 2 aromatic heterocycles. The summed E-state index contributed by atoms with van der Waals surface area (Å²) >= 11 is 7.64. The second-order valence-electron chi connectivity index (χ2n) is 3.00. The molecule has 15 heavy (non-hydrogen) atoms. The summed E-state index contributed by atoms with van der Waals surface area (Å²) < 4.78 is 0. The van der Waals surface area contributed by atoms with Crippen LogP contribution >= 0.6 is 22.9 Å². The van der Waals surface area contributed by atoms with Crippen LogP contribution in [0.15, 0.2) is 24.5 Å². The number of aromatic nitrogens is 2. The normalized spacial score (nSPS) is 10.5. The van der Waals surface area contributed by atoms with Gasteiger partial charge in [-0.25, -0.2) is 4.98 Å². The molecular weight excluding hydrogens is 230 g/mol.